The van der Waals surface area contributed by atoms with E-state index in [1.807, 2.05) is 18.0 Å². The van der Waals surface area contributed by atoms with Crippen LogP contribution >= 0.6 is 0 Å². The van der Waals surface area contributed by atoms with Crippen molar-refractivity contribution in [2.45, 2.75) is 45.0 Å². The third-order valence-corrected chi connectivity index (χ3v) is 5.33. The van der Waals surface area contributed by atoms with Crippen molar-refractivity contribution in [1.29, 1.82) is 0 Å². The molecule has 1 aliphatic rings. The summed E-state index contributed by atoms with van der Waals surface area (Å²) < 4.78 is 51.1. The van der Waals surface area contributed by atoms with Gasteiger partial charge in [0.05, 0.1) is 23.1 Å². The smallest absolute Gasteiger partial charge is 0.398 e. The third-order valence-electron chi connectivity index (χ3n) is 5.33. The van der Waals surface area contributed by atoms with Crippen LogP contribution in [0.4, 0.5) is 35.1 Å². The SMILES string of the molecule is CC(C)c1cc2c(cc1N)nc(N1CCCC(F)C1)n2C.Nc1ncc(C(F)(F)F)cn1. The molecule has 2 aromatic heterocycles. The molecule has 0 radical (unpaired) electrons. The zero-order valence-corrected chi connectivity index (χ0v) is 18.2. The number of nitrogens with zero attached hydrogens (tertiary/aromatic N) is 5. The van der Waals surface area contributed by atoms with Gasteiger partial charge in [-0.15, -0.1) is 0 Å². The van der Waals surface area contributed by atoms with Crippen LogP contribution in [0.25, 0.3) is 11.0 Å². The number of rotatable bonds is 2. The van der Waals surface area contributed by atoms with Crippen LogP contribution in [0.5, 0.6) is 0 Å². The van der Waals surface area contributed by atoms with Gasteiger partial charge in [0.25, 0.3) is 0 Å². The molecule has 4 N–H and O–H groups in total. The Bertz CT molecular complexity index is 1060. The molecule has 1 unspecified atom stereocenters. The normalized spacial score (nSPS) is 16.9. The zero-order valence-electron chi connectivity index (χ0n) is 18.2. The molecule has 174 valence electrons. The van der Waals surface area contributed by atoms with E-state index in [0.29, 0.717) is 31.3 Å². The summed E-state index contributed by atoms with van der Waals surface area (Å²) in [6.07, 6.45) is -2.33. The lowest BCUT2D eigenvalue weighted by Gasteiger charge is -2.29. The van der Waals surface area contributed by atoms with Gasteiger partial charge < -0.3 is 20.9 Å². The first kappa shape index (κ1) is 23.6. The third kappa shape index (κ3) is 5.20. The fraction of sp³-hybridized carbons (Fsp3) is 0.476. The van der Waals surface area contributed by atoms with Gasteiger partial charge in [0.1, 0.15) is 6.17 Å². The molecule has 7 nitrogen and oxygen atoms in total. The monoisotopic (exact) mass is 453 g/mol. The van der Waals surface area contributed by atoms with Gasteiger partial charge in [0.2, 0.25) is 11.9 Å². The summed E-state index contributed by atoms with van der Waals surface area (Å²) in [5.41, 5.74) is 14.1. The molecule has 1 fully saturated rings. The van der Waals surface area contributed by atoms with Crippen molar-refractivity contribution >= 4 is 28.6 Å². The molecule has 4 rings (SSSR count). The van der Waals surface area contributed by atoms with E-state index < -0.39 is 17.9 Å². The predicted octanol–water partition coefficient (Wildman–Crippen LogP) is 4.29. The topological polar surface area (TPSA) is 98.9 Å². The molecule has 1 aromatic carbocycles. The van der Waals surface area contributed by atoms with Gasteiger partial charge in [-0.1, -0.05) is 13.8 Å². The first-order chi connectivity index (χ1) is 15.0. The number of benzene rings is 1. The quantitative estimate of drug-likeness (QED) is 0.444. The average Bonchev–Trinajstić information content (AvgIpc) is 3.03. The summed E-state index contributed by atoms with van der Waals surface area (Å²) in [5.74, 6) is 1.05. The van der Waals surface area contributed by atoms with Gasteiger partial charge in [0, 0.05) is 31.7 Å². The molecule has 0 amide bonds. The van der Waals surface area contributed by atoms with Crippen molar-refractivity contribution in [3.63, 3.8) is 0 Å². The molecule has 1 saturated heterocycles. The maximum Gasteiger partial charge on any atom is 0.419 e. The number of piperidine rings is 1. The van der Waals surface area contributed by atoms with Crippen molar-refractivity contribution in [1.82, 2.24) is 19.5 Å². The van der Waals surface area contributed by atoms with Crippen molar-refractivity contribution in [2.75, 3.05) is 29.5 Å². The highest BCUT2D eigenvalue weighted by Gasteiger charge is 2.31. The number of hydrogen-bond acceptors (Lipinski definition) is 6. The Morgan fingerprint density at radius 2 is 1.78 bits per heavy atom. The zero-order chi connectivity index (χ0) is 23.6. The van der Waals surface area contributed by atoms with Crippen molar-refractivity contribution in [2.24, 2.45) is 7.05 Å². The second-order valence-corrected chi connectivity index (χ2v) is 8.11. The minimum absolute atomic E-state index is 0.169. The molecule has 0 spiro atoms. The predicted molar refractivity (Wildman–Crippen MR) is 117 cm³/mol. The molecule has 0 aliphatic carbocycles. The van der Waals surface area contributed by atoms with Gasteiger partial charge in [-0.3, -0.25) is 0 Å². The van der Waals surface area contributed by atoms with E-state index in [1.165, 1.54) is 0 Å². The van der Waals surface area contributed by atoms with Crippen LogP contribution in [-0.2, 0) is 13.2 Å². The fourth-order valence-electron chi connectivity index (χ4n) is 3.63. The van der Waals surface area contributed by atoms with E-state index >= 15 is 0 Å². The summed E-state index contributed by atoms with van der Waals surface area (Å²) in [5, 5.41) is 0. The molecule has 3 heterocycles. The molecule has 0 saturated carbocycles. The molecule has 32 heavy (non-hydrogen) atoms. The van der Waals surface area contributed by atoms with Gasteiger partial charge in [-0.25, -0.2) is 19.3 Å². The Kier molecular flexibility index (Phi) is 6.75. The number of fused-ring (bicyclic) bond motifs is 1. The lowest BCUT2D eigenvalue weighted by atomic mass is 10.0. The second kappa shape index (κ2) is 9.17. The van der Waals surface area contributed by atoms with Gasteiger partial charge >= 0.3 is 6.18 Å². The minimum atomic E-state index is -4.40. The van der Waals surface area contributed by atoms with Crippen LogP contribution in [0.15, 0.2) is 24.5 Å². The number of hydrogen-bond donors (Lipinski definition) is 2. The summed E-state index contributed by atoms with van der Waals surface area (Å²) in [4.78, 5) is 13.1. The van der Waals surface area contributed by atoms with Crippen LogP contribution in [0.1, 0.15) is 43.7 Å². The first-order valence-corrected chi connectivity index (χ1v) is 10.3. The van der Waals surface area contributed by atoms with Crippen LogP contribution in [0.3, 0.4) is 0 Å². The molecule has 1 atom stereocenters. The van der Waals surface area contributed by atoms with Gasteiger partial charge in [-0.05, 0) is 36.5 Å². The highest BCUT2D eigenvalue weighted by molar-refractivity contribution is 5.84. The molecular weight excluding hydrogens is 426 g/mol. The maximum atomic E-state index is 13.6. The van der Waals surface area contributed by atoms with Crippen LogP contribution in [0.2, 0.25) is 0 Å². The Balaban J connectivity index is 0.000000222. The average molecular weight is 453 g/mol. The van der Waals surface area contributed by atoms with E-state index in [-0.39, 0.29) is 5.95 Å². The summed E-state index contributed by atoms with van der Waals surface area (Å²) in [7, 11) is 1.99. The van der Waals surface area contributed by atoms with Crippen LogP contribution in [0, 0.1) is 0 Å². The number of imidazole rings is 1. The second-order valence-electron chi connectivity index (χ2n) is 8.11. The molecule has 0 bridgehead atoms. The lowest BCUT2D eigenvalue weighted by molar-refractivity contribution is -0.138. The Morgan fingerprint density at radius 3 is 2.34 bits per heavy atom. The summed E-state index contributed by atoms with van der Waals surface area (Å²) in [6.45, 7) is 5.56. The van der Waals surface area contributed by atoms with Crippen LogP contribution < -0.4 is 16.4 Å². The lowest BCUT2D eigenvalue weighted by Crippen LogP contribution is -2.37. The van der Waals surface area contributed by atoms with E-state index in [0.717, 1.165) is 41.2 Å². The molecule has 3 aromatic rings. The standard InChI is InChI=1S/C16H23FN4.C5H4F3N3/c1-10(2)12-7-15-14(8-13(12)18)19-16(20(15)3)21-6-4-5-11(17)9-21;6-5(7,8)3-1-10-4(9)11-2-3/h7-8,10-11H,4-6,9,18H2,1-3H3;1-2H,(H2,9,10,11). The number of nitrogen functional groups attached to an aromatic ring is 2. The molecular formula is C21H27F4N7. The van der Waals surface area contributed by atoms with Crippen molar-refractivity contribution in [3.05, 3.63) is 35.7 Å². The number of nitrogens with two attached hydrogens (primary N) is 2. The van der Waals surface area contributed by atoms with E-state index in [9.17, 15) is 17.6 Å². The number of aromatic nitrogens is 4. The number of aryl methyl sites for hydroxylation is 1. The van der Waals surface area contributed by atoms with E-state index in [2.05, 4.69) is 39.4 Å². The largest absolute Gasteiger partial charge is 0.419 e. The number of halogens is 4. The molecule has 11 heteroatoms. The minimum Gasteiger partial charge on any atom is -0.398 e. The Labute approximate surface area is 183 Å². The fourth-order valence-corrected chi connectivity index (χ4v) is 3.63. The number of anilines is 3. The van der Waals surface area contributed by atoms with Crippen molar-refractivity contribution < 1.29 is 17.6 Å². The van der Waals surface area contributed by atoms with Crippen molar-refractivity contribution in [3.8, 4) is 0 Å². The van der Waals surface area contributed by atoms with E-state index in [4.69, 9.17) is 11.5 Å². The van der Waals surface area contributed by atoms with E-state index in [1.54, 1.807) is 0 Å². The number of alkyl halides is 4. The highest BCUT2D eigenvalue weighted by atomic mass is 19.4. The first-order valence-electron chi connectivity index (χ1n) is 10.3. The molecule has 1 aliphatic heterocycles. The Hall–Kier alpha value is -3.11. The van der Waals surface area contributed by atoms with Crippen LogP contribution in [-0.4, -0.2) is 38.8 Å². The summed E-state index contributed by atoms with van der Waals surface area (Å²) in [6, 6.07) is 4.05. The highest BCUT2D eigenvalue weighted by Crippen LogP contribution is 2.31. The summed E-state index contributed by atoms with van der Waals surface area (Å²) >= 11 is 0. The van der Waals surface area contributed by atoms with Gasteiger partial charge in [0.15, 0.2) is 0 Å². The maximum absolute atomic E-state index is 13.6. The Morgan fingerprint density at radius 1 is 1.12 bits per heavy atom. The van der Waals surface area contributed by atoms with Gasteiger partial charge in [-0.2, -0.15) is 13.2 Å².